The van der Waals surface area contributed by atoms with Crippen molar-refractivity contribution in [2.45, 2.75) is 32.6 Å². The van der Waals surface area contributed by atoms with E-state index in [2.05, 4.69) is 36.2 Å². The van der Waals surface area contributed by atoms with E-state index in [4.69, 9.17) is 5.73 Å². The summed E-state index contributed by atoms with van der Waals surface area (Å²) in [6.45, 7) is 2.19. The van der Waals surface area contributed by atoms with Crippen LogP contribution in [0.4, 0.5) is 5.69 Å². The maximum atomic E-state index is 5.86. The first-order chi connectivity index (χ1) is 7.29. The third-order valence-electron chi connectivity index (χ3n) is 2.73. The molecule has 1 aromatic carbocycles. The van der Waals surface area contributed by atoms with Gasteiger partial charge in [0.25, 0.3) is 0 Å². The zero-order valence-electron chi connectivity index (χ0n) is 9.24. The predicted octanol–water partition coefficient (Wildman–Crippen LogP) is 3.04. The molecule has 1 fully saturated rings. The van der Waals surface area contributed by atoms with E-state index in [0.717, 1.165) is 17.9 Å². The third kappa shape index (κ3) is 2.82. The number of rotatable bonds is 4. The van der Waals surface area contributed by atoms with E-state index in [1.807, 2.05) is 0 Å². The zero-order chi connectivity index (χ0) is 10.7. The number of aliphatic imine (C=N–C) groups is 1. The zero-order valence-corrected chi connectivity index (χ0v) is 9.24. The first-order valence-electron chi connectivity index (χ1n) is 5.72. The van der Waals surface area contributed by atoms with E-state index in [9.17, 15) is 0 Å². The lowest BCUT2D eigenvalue weighted by Gasteiger charge is -2.00. The maximum Gasteiger partial charge on any atom is 0.103 e. The van der Waals surface area contributed by atoms with Crippen molar-refractivity contribution in [1.82, 2.24) is 0 Å². The quantitative estimate of drug-likeness (QED) is 0.591. The Hall–Kier alpha value is -1.31. The molecule has 0 spiro atoms. The average Bonchev–Trinajstić information content (AvgIpc) is 3.04. The number of benzene rings is 1. The van der Waals surface area contributed by atoms with Crippen LogP contribution in [0.2, 0.25) is 0 Å². The Bertz CT molecular complexity index is 347. The van der Waals surface area contributed by atoms with E-state index in [-0.39, 0.29) is 0 Å². The summed E-state index contributed by atoms with van der Waals surface area (Å²) in [5.41, 5.74) is 8.22. The smallest absolute Gasteiger partial charge is 0.103 e. The molecule has 0 amide bonds. The van der Waals surface area contributed by atoms with Crippen molar-refractivity contribution in [2.24, 2.45) is 16.6 Å². The molecule has 2 heteroatoms. The van der Waals surface area contributed by atoms with Gasteiger partial charge in [-0.25, -0.2) is 4.99 Å². The van der Waals surface area contributed by atoms with Crippen molar-refractivity contribution < 1.29 is 0 Å². The first-order valence-corrected chi connectivity index (χ1v) is 5.72. The lowest BCUT2D eigenvalue weighted by atomic mass is 10.1. The van der Waals surface area contributed by atoms with Gasteiger partial charge in [-0.1, -0.05) is 25.5 Å². The number of aryl methyl sites for hydroxylation is 1. The molecule has 2 N–H and O–H groups in total. The van der Waals surface area contributed by atoms with Crippen LogP contribution < -0.4 is 5.73 Å². The summed E-state index contributed by atoms with van der Waals surface area (Å²) in [6.07, 6.45) is 4.75. The second-order valence-corrected chi connectivity index (χ2v) is 4.23. The minimum Gasteiger partial charge on any atom is -0.387 e. The highest BCUT2D eigenvalue weighted by Crippen LogP contribution is 2.30. The summed E-state index contributed by atoms with van der Waals surface area (Å²) in [6, 6.07) is 8.39. The molecule has 15 heavy (non-hydrogen) atoms. The molecular formula is C13H18N2. The molecule has 0 bridgehead atoms. The second kappa shape index (κ2) is 4.47. The summed E-state index contributed by atoms with van der Waals surface area (Å²) >= 11 is 0. The van der Waals surface area contributed by atoms with Gasteiger partial charge in [0.2, 0.25) is 0 Å². The number of hydrogen-bond donors (Lipinski definition) is 1. The van der Waals surface area contributed by atoms with Crippen LogP contribution in [0.3, 0.4) is 0 Å². The monoisotopic (exact) mass is 202 g/mol. The third-order valence-corrected chi connectivity index (χ3v) is 2.73. The lowest BCUT2D eigenvalue weighted by Crippen LogP contribution is -2.12. The van der Waals surface area contributed by atoms with Crippen LogP contribution in [-0.2, 0) is 6.42 Å². The molecule has 0 aliphatic heterocycles. The molecule has 0 radical (unpaired) electrons. The van der Waals surface area contributed by atoms with Crippen LogP contribution >= 0.6 is 0 Å². The van der Waals surface area contributed by atoms with Gasteiger partial charge in [0.1, 0.15) is 5.84 Å². The highest BCUT2D eigenvalue weighted by molar-refractivity contribution is 5.87. The SMILES string of the molecule is CCCc1ccc(N=C(N)C2CC2)cc1. The topological polar surface area (TPSA) is 38.4 Å². The van der Waals surface area contributed by atoms with Gasteiger partial charge in [-0.05, 0) is 37.0 Å². The van der Waals surface area contributed by atoms with Crippen LogP contribution in [0.5, 0.6) is 0 Å². The fraction of sp³-hybridized carbons (Fsp3) is 0.462. The minimum absolute atomic E-state index is 0.556. The number of amidine groups is 1. The Balaban J connectivity index is 2.05. The van der Waals surface area contributed by atoms with E-state index in [1.165, 1.54) is 24.8 Å². The van der Waals surface area contributed by atoms with Crippen LogP contribution in [0.25, 0.3) is 0 Å². The van der Waals surface area contributed by atoms with Crippen molar-refractivity contribution in [1.29, 1.82) is 0 Å². The Kier molecular flexibility index (Phi) is 3.05. The molecule has 80 valence electrons. The molecule has 0 unspecified atom stereocenters. The first kappa shape index (κ1) is 10.2. The molecule has 1 aromatic rings. The van der Waals surface area contributed by atoms with Gasteiger partial charge in [0, 0.05) is 5.92 Å². The van der Waals surface area contributed by atoms with Gasteiger partial charge in [-0.3, -0.25) is 0 Å². The van der Waals surface area contributed by atoms with Gasteiger partial charge in [-0.2, -0.15) is 0 Å². The Morgan fingerprint density at radius 1 is 1.33 bits per heavy atom. The molecule has 0 atom stereocenters. The molecule has 0 saturated heterocycles. The number of hydrogen-bond acceptors (Lipinski definition) is 1. The van der Waals surface area contributed by atoms with Crippen molar-refractivity contribution in [3.05, 3.63) is 29.8 Å². The van der Waals surface area contributed by atoms with Crippen molar-refractivity contribution in [2.75, 3.05) is 0 Å². The van der Waals surface area contributed by atoms with Crippen molar-refractivity contribution in [3.8, 4) is 0 Å². The summed E-state index contributed by atoms with van der Waals surface area (Å²) in [5.74, 6) is 1.36. The van der Waals surface area contributed by atoms with Crippen LogP contribution in [-0.4, -0.2) is 5.84 Å². The number of nitrogens with two attached hydrogens (primary N) is 1. The van der Waals surface area contributed by atoms with Gasteiger partial charge in [-0.15, -0.1) is 0 Å². The van der Waals surface area contributed by atoms with E-state index in [1.54, 1.807) is 0 Å². The van der Waals surface area contributed by atoms with E-state index >= 15 is 0 Å². The van der Waals surface area contributed by atoms with Crippen LogP contribution in [0, 0.1) is 5.92 Å². The molecule has 1 saturated carbocycles. The Labute approximate surface area is 91.2 Å². The normalized spacial score (nSPS) is 16.7. The van der Waals surface area contributed by atoms with Crippen LogP contribution in [0.1, 0.15) is 31.7 Å². The van der Waals surface area contributed by atoms with Gasteiger partial charge in [0.15, 0.2) is 0 Å². The standard InChI is InChI=1S/C13H18N2/c1-2-3-10-4-8-12(9-5-10)15-13(14)11-6-7-11/h4-5,8-9,11H,2-3,6-7H2,1H3,(H2,14,15). The molecule has 2 rings (SSSR count). The van der Waals surface area contributed by atoms with Gasteiger partial charge in [0.05, 0.1) is 5.69 Å². The summed E-state index contributed by atoms with van der Waals surface area (Å²) < 4.78 is 0. The largest absolute Gasteiger partial charge is 0.387 e. The molecule has 1 aliphatic carbocycles. The summed E-state index contributed by atoms with van der Waals surface area (Å²) in [4.78, 5) is 4.42. The number of nitrogens with zero attached hydrogens (tertiary/aromatic N) is 1. The molecular weight excluding hydrogens is 184 g/mol. The highest BCUT2D eigenvalue weighted by Gasteiger charge is 2.25. The Morgan fingerprint density at radius 3 is 2.53 bits per heavy atom. The second-order valence-electron chi connectivity index (χ2n) is 4.23. The molecule has 1 aliphatic rings. The van der Waals surface area contributed by atoms with Crippen molar-refractivity contribution in [3.63, 3.8) is 0 Å². The highest BCUT2D eigenvalue weighted by atomic mass is 14.9. The van der Waals surface area contributed by atoms with Crippen molar-refractivity contribution >= 4 is 11.5 Å². The van der Waals surface area contributed by atoms with E-state index in [0.29, 0.717) is 5.92 Å². The van der Waals surface area contributed by atoms with Gasteiger partial charge >= 0.3 is 0 Å². The Morgan fingerprint density at radius 2 is 2.00 bits per heavy atom. The molecule has 0 aromatic heterocycles. The van der Waals surface area contributed by atoms with Gasteiger partial charge < -0.3 is 5.73 Å². The van der Waals surface area contributed by atoms with Crippen LogP contribution in [0.15, 0.2) is 29.3 Å². The summed E-state index contributed by atoms with van der Waals surface area (Å²) in [5, 5.41) is 0. The molecule has 0 heterocycles. The maximum absolute atomic E-state index is 5.86. The average molecular weight is 202 g/mol. The lowest BCUT2D eigenvalue weighted by molar-refractivity contribution is 0.922. The summed E-state index contributed by atoms with van der Waals surface area (Å²) in [7, 11) is 0. The predicted molar refractivity (Wildman–Crippen MR) is 64.4 cm³/mol. The molecule has 2 nitrogen and oxygen atoms in total. The fourth-order valence-corrected chi connectivity index (χ4v) is 1.65. The minimum atomic E-state index is 0.556. The van der Waals surface area contributed by atoms with E-state index < -0.39 is 0 Å². The fourth-order valence-electron chi connectivity index (χ4n) is 1.65.